The Morgan fingerprint density at radius 3 is 2.17 bits per heavy atom. The topological polar surface area (TPSA) is 77.0 Å². The van der Waals surface area contributed by atoms with Gasteiger partial charge in [0.15, 0.2) is 0 Å². The molecule has 12 heavy (non-hydrogen) atoms. The summed E-state index contributed by atoms with van der Waals surface area (Å²) >= 11 is 0. The van der Waals surface area contributed by atoms with Crippen LogP contribution in [0.5, 0.6) is 0 Å². The fourth-order valence-corrected chi connectivity index (χ4v) is 0.500. The maximum absolute atomic E-state index is 9.49. The second kappa shape index (κ2) is 13.0. The van der Waals surface area contributed by atoms with Crippen LogP contribution in [0.25, 0.3) is 0 Å². The zero-order valence-corrected chi connectivity index (χ0v) is 7.88. The number of likely N-dealkylation sites (N-methyl/N-ethyl adjacent to an activating group) is 1. The molecule has 4 nitrogen and oxygen atoms in total. The van der Waals surface area contributed by atoms with Crippen LogP contribution in [0.3, 0.4) is 0 Å². The Morgan fingerprint density at radius 1 is 1.50 bits per heavy atom. The summed E-state index contributed by atoms with van der Waals surface area (Å²) in [4.78, 5) is 9.49. The molecule has 0 rings (SSSR count). The average molecular weight is 177 g/mol. The molecule has 0 bridgehead atoms. The standard InChI is InChI=1S/C4H11NO.C4H8O2/c1-2-5-3-4-6;1-2-3-4(5)6/h5-6H,2-4H2,1H3;2-3H2,1H3,(H,5,6). The lowest BCUT2D eigenvalue weighted by atomic mass is 10.4. The molecule has 0 saturated heterocycles. The fourth-order valence-electron chi connectivity index (χ4n) is 0.500. The molecule has 0 atom stereocenters. The Balaban J connectivity index is 0. The first-order chi connectivity index (χ1) is 5.68. The van der Waals surface area contributed by atoms with E-state index in [1.54, 1.807) is 6.92 Å². The summed E-state index contributed by atoms with van der Waals surface area (Å²) in [7, 11) is 0. The number of carbonyl (C=O) groups is 1. The minimum atomic E-state index is -0.961. The summed E-state index contributed by atoms with van der Waals surface area (Å²) in [5.41, 5.74) is 0. The Kier molecular flexibility index (Phi) is 15.1. The molecule has 0 aliphatic rings. The van der Waals surface area contributed by atoms with Crippen LogP contribution in [-0.2, 0) is 4.79 Å². The smallest absolute Gasteiger partial charge is 0.0990 e. The van der Waals surface area contributed by atoms with Crippen LogP contribution in [0.2, 0.25) is 0 Å². The van der Waals surface area contributed by atoms with Crippen molar-refractivity contribution in [3.05, 3.63) is 0 Å². The molecule has 0 spiro atoms. The van der Waals surface area contributed by atoms with Gasteiger partial charge in [-0.05, 0) is 13.3 Å². The van der Waals surface area contributed by atoms with E-state index in [-0.39, 0.29) is 6.42 Å². The molecule has 0 unspecified atom stereocenters. The second-order valence-corrected chi connectivity index (χ2v) is 2.33. The van der Waals surface area contributed by atoms with Crippen LogP contribution < -0.4 is 10.4 Å². The predicted molar refractivity (Wildman–Crippen MR) is 44.3 cm³/mol. The lowest BCUT2D eigenvalue weighted by Gasteiger charge is -1.92. The van der Waals surface area contributed by atoms with Crippen LogP contribution in [0, 0.1) is 0 Å². The van der Waals surface area contributed by atoms with Crippen molar-refractivity contribution in [3.63, 3.8) is 0 Å². The normalized spacial score (nSPS) is 8.58. The highest BCUT2D eigenvalue weighted by Crippen LogP contribution is 1.79. The number of carboxylic acid groups (broad SMARTS) is 1. The molecule has 0 saturated carbocycles. The zero-order valence-electron chi connectivity index (χ0n) is 7.88. The van der Waals surface area contributed by atoms with Crippen LogP contribution in [-0.4, -0.2) is 30.8 Å². The molecule has 0 radical (unpaired) electrons. The van der Waals surface area contributed by atoms with Gasteiger partial charge in [0.2, 0.25) is 0 Å². The summed E-state index contributed by atoms with van der Waals surface area (Å²) < 4.78 is 0. The van der Waals surface area contributed by atoms with Crippen LogP contribution in [0.4, 0.5) is 0 Å². The minimum absolute atomic E-state index is 0.181. The molecule has 0 aliphatic heterocycles. The average Bonchev–Trinajstić information content (AvgIpc) is 2.02. The number of hydrogen-bond donors (Lipinski definition) is 2. The molecule has 74 valence electrons. The molecule has 0 amide bonds. The molecule has 4 heteroatoms. The van der Waals surface area contributed by atoms with Gasteiger partial charge in [0.25, 0.3) is 0 Å². The third-order valence-electron chi connectivity index (χ3n) is 1.08. The minimum Gasteiger partial charge on any atom is -0.550 e. The maximum Gasteiger partial charge on any atom is 0.0990 e. The maximum atomic E-state index is 9.49. The van der Waals surface area contributed by atoms with Crippen LogP contribution >= 0.6 is 0 Å². The van der Waals surface area contributed by atoms with Gasteiger partial charge in [0, 0.05) is 5.97 Å². The van der Waals surface area contributed by atoms with Gasteiger partial charge in [-0.1, -0.05) is 13.3 Å². The van der Waals surface area contributed by atoms with Crippen LogP contribution in [0.1, 0.15) is 26.7 Å². The van der Waals surface area contributed by atoms with E-state index in [9.17, 15) is 9.90 Å². The Hall–Kier alpha value is -0.610. The van der Waals surface area contributed by atoms with Crippen molar-refractivity contribution in [3.8, 4) is 0 Å². The highest BCUT2D eigenvalue weighted by molar-refractivity contribution is 5.63. The number of carbonyl (C=O) groups excluding carboxylic acids is 1. The molecule has 0 fully saturated rings. The summed E-state index contributed by atoms with van der Waals surface area (Å²) in [6.07, 6.45) is 0.850. The summed E-state index contributed by atoms with van der Waals surface area (Å²) in [6.45, 7) is 6.08. The Morgan fingerprint density at radius 2 is 2.08 bits per heavy atom. The van der Waals surface area contributed by atoms with Gasteiger partial charge in [-0.2, -0.15) is 0 Å². The Labute approximate surface area is 73.6 Å². The lowest BCUT2D eigenvalue weighted by Crippen LogP contribution is -2.84. The largest absolute Gasteiger partial charge is 0.550 e. The molecular weight excluding hydrogens is 158 g/mol. The quantitative estimate of drug-likeness (QED) is 0.481. The third kappa shape index (κ3) is 22.8. The van der Waals surface area contributed by atoms with Crippen LogP contribution in [0.15, 0.2) is 0 Å². The highest BCUT2D eigenvalue weighted by atomic mass is 16.4. The molecular formula is C8H19NO3. The number of hydrogen-bond acceptors (Lipinski definition) is 3. The fraction of sp³-hybridized carbons (Fsp3) is 0.875. The zero-order chi connectivity index (χ0) is 9.82. The summed E-state index contributed by atoms with van der Waals surface area (Å²) in [5, 5.41) is 19.7. The van der Waals surface area contributed by atoms with Gasteiger partial charge in [-0.25, -0.2) is 0 Å². The van der Waals surface area contributed by atoms with Gasteiger partial charge in [0.1, 0.15) is 0 Å². The van der Waals surface area contributed by atoms with E-state index in [0.29, 0.717) is 13.0 Å². The number of quaternary nitrogens is 1. The molecule has 0 heterocycles. The number of aliphatic hydroxyl groups excluding tert-OH is 1. The van der Waals surface area contributed by atoms with E-state index in [1.165, 1.54) is 0 Å². The molecule has 0 aromatic rings. The van der Waals surface area contributed by atoms with Gasteiger partial charge >= 0.3 is 0 Å². The predicted octanol–water partition coefficient (Wildman–Crippen LogP) is -1.90. The number of rotatable bonds is 5. The van der Waals surface area contributed by atoms with Crippen molar-refractivity contribution in [2.24, 2.45) is 0 Å². The monoisotopic (exact) mass is 177 g/mol. The van der Waals surface area contributed by atoms with E-state index < -0.39 is 5.97 Å². The first-order valence-electron chi connectivity index (χ1n) is 4.31. The van der Waals surface area contributed by atoms with E-state index >= 15 is 0 Å². The molecule has 0 aromatic heterocycles. The highest BCUT2D eigenvalue weighted by Gasteiger charge is 1.76. The van der Waals surface area contributed by atoms with Crippen molar-refractivity contribution >= 4 is 5.97 Å². The first kappa shape index (κ1) is 13.9. The van der Waals surface area contributed by atoms with Gasteiger partial charge < -0.3 is 20.3 Å². The molecule has 0 aromatic carbocycles. The van der Waals surface area contributed by atoms with Crippen molar-refractivity contribution in [1.29, 1.82) is 0 Å². The number of nitrogens with two attached hydrogens (primary N) is 1. The third-order valence-corrected chi connectivity index (χ3v) is 1.08. The SMILES string of the molecule is CCCC(=O)[O-].CC[NH2+]CCO. The number of aliphatic hydroxyl groups is 1. The van der Waals surface area contributed by atoms with Crippen molar-refractivity contribution < 1.29 is 20.3 Å². The van der Waals surface area contributed by atoms with Crippen molar-refractivity contribution in [2.45, 2.75) is 26.7 Å². The van der Waals surface area contributed by atoms with Gasteiger partial charge in [0.05, 0.1) is 19.7 Å². The first-order valence-corrected chi connectivity index (χ1v) is 4.31. The second-order valence-electron chi connectivity index (χ2n) is 2.33. The molecule has 3 N–H and O–H groups in total. The number of aliphatic carboxylic acids is 1. The van der Waals surface area contributed by atoms with E-state index in [4.69, 9.17) is 5.11 Å². The van der Waals surface area contributed by atoms with E-state index in [1.807, 2.05) is 0 Å². The Bertz CT molecular complexity index is 92.3. The number of carboxylic acids is 1. The van der Waals surface area contributed by atoms with Gasteiger partial charge in [-0.3, -0.25) is 0 Å². The van der Waals surface area contributed by atoms with Gasteiger partial charge in [-0.15, -0.1) is 0 Å². The molecule has 0 aliphatic carbocycles. The summed E-state index contributed by atoms with van der Waals surface area (Å²) in [6, 6.07) is 0. The van der Waals surface area contributed by atoms with E-state index in [0.717, 1.165) is 13.1 Å². The van der Waals surface area contributed by atoms with Crippen molar-refractivity contribution in [1.82, 2.24) is 0 Å². The van der Waals surface area contributed by atoms with E-state index in [2.05, 4.69) is 12.2 Å². The van der Waals surface area contributed by atoms with Crippen molar-refractivity contribution in [2.75, 3.05) is 19.7 Å². The lowest BCUT2D eigenvalue weighted by molar-refractivity contribution is -0.652. The summed E-state index contributed by atoms with van der Waals surface area (Å²) in [5.74, 6) is -0.961.